The molecule has 0 spiro atoms. The molecule has 0 aliphatic heterocycles. The fourth-order valence-electron chi connectivity index (χ4n) is 1.57. The van der Waals surface area contributed by atoms with Crippen molar-refractivity contribution in [2.24, 2.45) is 0 Å². The fraction of sp³-hybridized carbons (Fsp3) is 0. The molecule has 2 aromatic carbocycles. The first kappa shape index (κ1) is 11.7. The topological polar surface area (TPSA) is 17.1 Å². The van der Waals surface area contributed by atoms with Crippen LogP contribution in [0.1, 0.15) is 10.4 Å². The molecule has 2 rings (SSSR count). The first-order valence-corrected chi connectivity index (χ1v) is 5.20. The molecule has 2 aromatic rings. The van der Waals surface area contributed by atoms with Crippen molar-refractivity contribution in [3.63, 3.8) is 0 Å². The Morgan fingerprint density at radius 3 is 2.41 bits per heavy atom. The van der Waals surface area contributed by atoms with Crippen molar-refractivity contribution >= 4 is 17.9 Å². The normalized spacial score (nSPS) is 10.3. The van der Waals surface area contributed by atoms with Gasteiger partial charge in [0.2, 0.25) is 0 Å². The van der Waals surface area contributed by atoms with Gasteiger partial charge in [-0.1, -0.05) is 23.7 Å². The average Bonchev–Trinajstić information content (AvgIpc) is 2.32. The van der Waals surface area contributed by atoms with Gasteiger partial charge < -0.3 is 0 Å². The Balaban J connectivity index is 2.66. The van der Waals surface area contributed by atoms with E-state index in [0.29, 0.717) is 22.4 Å². The monoisotopic (exact) mass is 252 g/mol. The van der Waals surface area contributed by atoms with Gasteiger partial charge in [-0.05, 0) is 35.4 Å². The van der Waals surface area contributed by atoms with Gasteiger partial charge >= 0.3 is 0 Å². The summed E-state index contributed by atoms with van der Waals surface area (Å²) >= 11 is 5.81. The Hall–Kier alpha value is -1.74. The minimum Gasteiger partial charge on any atom is -0.298 e. The Labute approximate surface area is 102 Å². The van der Waals surface area contributed by atoms with Crippen LogP contribution in [0, 0.1) is 11.6 Å². The first-order chi connectivity index (χ1) is 8.11. The van der Waals surface area contributed by atoms with E-state index < -0.39 is 11.6 Å². The molecule has 0 unspecified atom stereocenters. The second-order valence-corrected chi connectivity index (χ2v) is 3.92. The number of hydrogen-bond acceptors (Lipinski definition) is 1. The minimum absolute atomic E-state index is 0.0890. The lowest BCUT2D eigenvalue weighted by molar-refractivity contribution is 0.112. The third-order valence-corrected chi connectivity index (χ3v) is 2.59. The van der Waals surface area contributed by atoms with Crippen LogP contribution in [0.3, 0.4) is 0 Å². The minimum atomic E-state index is -1.04. The van der Waals surface area contributed by atoms with Crippen LogP contribution in [0.2, 0.25) is 5.02 Å². The third kappa shape index (κ3) is 2.34. The summed E-state index contributed by atoms with van der Waals surface area (Å²) in [5.74, 6) is -2.04. The largest absolute Gasteiger partial charge is 0.298 e. The molecule has 0 bridgehead atoms. The molecule has 86 valence electrons. The van der Waals surface area contributed by atoms with E-state index in [2.05, 4.69) is 0 Å². The zero-order valence-electron chi connectivity index (χ0n) is 8.58. The highest BCUT2D eigenvalue weighted by Gasteiger charge is 2.11. The molecular weight excluding hydrogens is 246 g/mol. The molecule has 0 heterocycles. The van der Waals surface area contributed by atoms with Crippen LogP contribution in [0.4, 0.5) is 8.78 Å². The van der Waals surface area contributed by atoms with E-state index in [4.69, 9.17) is 11.6 Å². The van der Waals surface area contributed by atoms with Crippen LogP contribution in [0.15, 0.2) is 36.4 Å². The van der Waals surface area contributed by atoms with Crippen molar-refractivity contribution in [3.05, 3.63) is 58.6 Å². The molecule has 0 aromatic heterocycles. The van der Waals surface area contributed by atoms with Crippen LogP contribution in [0.5, 0.6) is 0 Å². The molecule has 0 amide bonds. The van der Waals surface area contributed by atoms with E-state index in [0.717, 1.165) is 12.1 Å². The summed E-state index contributed by atoms with van der Waals surface area (Å²) < 4.78 is 26.1. The Morgan fingerprint density at radius 2 is 1.76 bits per heavy atom. The maximum atomic E-state index is 13.2. The summed E-state index contributed by atoms with van der Waals surface area (Å²) in [5.41, 5.74) is 0.978. The van der Waals surface area contributed by atoms with Crippen LogP contribution in [0.25, 0.3) is 11.1 Å². The van der Waals surface area contributed by atoms with Crippen LogP contribution in [-0.4, -0.2) is 6.29 Å². The number of benzene rings is 2. The predicted octanol–water partition coefficient (Wildman–Crippen LogP) is 4.10. The SMILES string of the molecule is O=Cc1cc(F)c(F)cc1-c1cccc(Cl)c1. The van der Waals surface area contributed by atoms with Gasteiger partial charge in [-0.2, -0.15) is 0 Å². The fourth-order valence-corrected chi connectivity index (χ4v) is 1.76. The summed E-state index contributed by atoms with van der Waals surface area (Å²) in [6, 6.07) is 8.45. The molecule has 0 aliphatic carbocycles. The highest BCUT2D eigenvalue weighted by atomic mass is 35.5. The first-order valence-electron chi connectivity index (χ1n) is 4.82. The van der Waals surface area contributed by atoms with E-state index in [1.54, 1.807) is 24.3 Å². The van der Waals surface area contributed by atoms with E-state index in [9.17, 15) is 13.6 Å². The van der Waals surface area contributed by atoms with E-state index >= 15 is 0 Å². The lowest BCUT2D eigenvalue weighted by Crippen LogP contribution is -1.93. The van der Waals surface area contributed by atoms with Gasteiger partial charge in [-0.15, -0.1) is 0 Å². The molecular formula is C13H7ClF2O. The average molecular weight is 253 g/mol. The molecule has 0 radical (unpaired) electrons. The predicted molar refractivity (Wildman–Crippen MR) is 62.2 cm³/mol. The smallest absolute Gasteiger partial charge is 0.159 e. The lowest BCUT2D eigenvalue weighted by atomic mass is 10.00. The highest BCUT2D eigenvalue weighted by molar-refractivity contribution is 6.30. The van der Waals surface area contributed by atoms with Crippen molar-refractivity contribution in [2.75, 3.05) is 0 Å². The number of carbonyl (C=O) groups excluding carboxylic acids is 1. The number of rotatable bonds is 2. The van der Waals surface area contributed by atoms with E-state index in [1.807, 2.05) is 0 Å². The van der Waals surface area contributed by atoms with Gasteiger partial charge in [-0.25, -0.2) is 8.78 Å². The van der Waals surface area contributed by atoms with Gasteiger partial charge in [0.25, 0.3) is 0 Å². The molecule has 0 atom stereocenters. The molecule has 17 heavy (non-hydrogen) atoms. The van der Waals surface area contributed by atoms with Crippen LogP contribution < -0.4 is 0 Å². The quantitative estimate of drug-likeness (QED) is 0.736. The third-order valence-electron chi connectivity index (χ3n) is 2.36. The molecule has 0 N–H and O–H groups in total. The molecule has 0 fully saturated rings. The highest BCUT2D eigenvalue weighted by Crippen LogP contribution is 2.27. The van der Waals surface area contributed by atoms with Gasteiger partial charge in [-0.3, -0.25) is 4.79 Å². The number of halogens is 3. The Bertz CT molecular complexity index is 582. The standard InChI is InChI=1S/C13H7ClF2O/c14-10-3-1-2-8(4-10)11-6-13(16)12(15)5-9(11)7-17/h1-7H. The molecule has 4 heteroatoms. The maximum Gasteiger partial charge on any atom is 0.159 e. The molecule has 0 saturated carbocycles. The van der Waals surface area contributed by atoms with Crippen molar-refractivity contribution in [3.8, 4) is 11.1 Å². The van der Waals surface area contributed by atoms with Crippen molar-refractivity contribution in [1.29, 1.82) is 0 Å². The molecule has 0 aliphatic rings. The lowest BCUT2D eigenvalue weighted by Gasteiger charge is -2.06. The number of hydrogen-bond donors (Lipinski definition) is 0. The summed E-state index contributed by atoms with van der Waals surface area (Å²) in [4.78, 5) is 10.8. The maximum absolute atomic E-state index is 13.2. The van der Waals surface area contributed by atoms with Crippen molar-refractivity contribution in [1.82, 2.24) is 0 Å². The Morgan fingerprint density at radius 1 is 1.06 bits per heavy atom. The van der Waals surface area contributed by atoms with E-state index in [-0.39, 0.29) is 5.56 Å². The summed E-state index contributed by atoms with van der Waals surface area (Å²) in [6.45, 7) is 0. The van der Waals surface area contributed by atoms with Gasteiger partial charge in [0, 0.05) is 10.6 Å². The van der Waals surface area contributed by atoms with Crippen molar-refractivity contribution < 1.29 is 13.6 Å². The van der Waals surface area contributed by atoms with Gasteiger partial charge in [0.1, 0.15) is 0 Å². The second-order valence-electron chi connectivity index (χ2n) is 3.48. The van der Waals surface area contributed by atoms with Crippen LogP contribution >= 0.6 is 11.6 Å². The summed E-state index contributed by atoms with van der Waals surface area (Å²) in [5, 5.41) is 0.462. The molecule has 0 saturated heterocycles. The zero-order chi connectivity index (χ0) is 12.4. The second kappa shape index (κ2) is 4.63. The van der Waals surface area contributed by atoms with Gasteiger partial charge in [0.05, 0.1) is 0 Å². The van der Waals surface area contributed by atoms with Gasteiger partial charge in [0.15, 0.2) is 17.9 Å². The summed E-state index contributed by atoms with van der Waals surface area (Å²) in [7, 11) is 0. The molecule has 1 nitrogen and oxygen atoms in total. The van der Waals surface area contributed by atoms with Crippen molar-refractivity contribution in [2.45, 2.75) is 0 Å². The number of carbonyl (C=O) groups is 1. The van der Waals surface area contributed by atoms with E-state index in [1.165, 1.54) is 0 Å². The summed E-state index contributed by atoms with van der Waals surface area (Å²) in [6.07, 6.45) is 0.485. The Kier molecular flexibility index (Phi) is 3.20. The van der Waals surface area contributed by atoms with Crippen LogP contribution in [-0.2, 0) is 0 Å². The number of aldehydes is 1. The zero-order valence-corrected chi connectivity index (χ0v) is 9.34.